The number of carbonyl (C=O) groups excluding carboxylic acids is 1. The van der Waals surface area contributed by atoms with Gasteiger partial charge in [-0.2, -0.15) is 0 Å². The lowest BCUT2D eigenvalue weighted by atomic mass is 9.99. The summed E-state index contributed by atoms with van der Waals surface area (Å²) in [5.74, 6) is -0.545. The fourth-order valence-corrected chi connectivity index (χ4v) is 4.94. The van der Waals surface area contributed by atoms with Gasteiger partial charge in [0.05, 0.1) is 19.3 Å². The number of benzene rings is 2. The van der Waals surface area contributed by atoms with Crippen molar-refractivity contribution in [1.82, 2.24) is 0 Å². The number of phenolic OH excluding ortho intramolecular Hbond substituents is 1. The molecule has 1 aliphatic rings. The molecule has 0 spiro atoms. The second kappa shape index (κ2) is 14.7. The molecule has 1 aliphatic heterocycles. The normalized spacial score (nSPS) is 22.7. The van der Waals surface area contributed by atoms with E-state index in [2.05, 4.69) is 6.92 Å². The molecular weight excluding hydrogens is 564 g/mol. The number of carbonyl (C=O) groups is 1. The molecule has 43 heavy (non-hydrogen) atoms. The van der Waals surface area contributed by atoms with E-state index in [1.165, 1.54) is 37.6 Å². The highest BCUT2D eigenvalue weighted by atomic mass is 16.7. The van der Waals surface area contributed by atoms with E-state index < -0.39 is 54.8 Å². The largest absolute Gasteiger partial charge is 0.507 e. The molecule has 12 nitrogen and oxygen atoms in total. The van der Waals surface area contributed by atoms with Gasteiger partial charge in [0, 0.05) is 12.1 Å². The van der Waals surface area contributed by atoms with E-state index in [-0.39, 0.29) is 33.8 Å². The first-order valence-electron chi connectivity index (χ1n) is 14.3. The molecule has 6 atom stereocenters. The number of aliphatic hydroxyl groups is 4. The zero-order valence-electron chi connectivity index (χ0n) is 24.0. The Balaban J connectivity index is 1.50. The van der Waals surface area contributed by atoms with Crippen LogP contribution >= 0.6 is 0 Å². The number of aliphatic hydroxyl groups excluding tert-OH is 4. The Labute approximate surface area is 248 Å². The molecular formula is C31H38O12. The zero-order chi connectivity index (χ0) is 31.1. The minimum absolute atomic E-state index is 0.0675. The number of ether oxygens (including phenoxy) is 4. The van der Waals surface area contributed by atoms with E-state index in [0.29, 0.717) is 12.0 Å². The predicted octanol–water partition coefficient (Wildman–Crippen LogP) is 2.63. The van der Waals surface area contributed by atoms with Crippen LogP contribution in [0.4, 0.5) is 0 Å². The zero-order valence-corrected chi connectivity index (χ0v) is 24.0. The van der Waals surface area contributed by atoms with E-state index in [0.717, 1.165) is 32.1 Å². The maximum absolute atomic E-state index is 13.4. The fraction of sp³-hybridized carbons (Fsp3) is 0.484. The van der Waals surface area contributed by atoms with Gasteiger partial charge in [-0.25, -0.2) is 4.79 Å². The summed E-state index contributed by atoms with van der Waals surface area (Å²) in [7, 11) is 1.28. The summed E-state index contributed by atoms with van der Waals surface area (Å²) in [6.07, 6.45) is -1.35. The number of fused-ring (bicyclic) bond motifs is 1. The molecule has 234 valence electrons. The summed E-state index contributed by atoms with van der Waals surface area (Å²) >= 11 is 0. The summed E-state index contributed by atoms with van der Waals surface area (Å²) in [6.45, 7) is 1.53. The van der Waals surface area contributed by atoms with Crippen LogP contribution in [0, 0.1) is 0 Å². The van der Waals surface area contributed by atoms with E-state index in [4.69, 9.17) is 23.4 Å². The Morgan fingerprint density at radius 1 is 0.977 bits per heavy atom. The molecule has 2 heterocycles. The van der Waals surface area contributed by atoms with E-state index in [9.17, 15) is 35.1 Å². The van der Waals surface area contributed by atoms with Crippen molar-refractivity contribution in [3.63, 3.8) is 0 Å². The second-order valence-corrected chi connectivity index (χ2v) is 10.5. The minimum Gasteiger partial charge on any atom is -0.507 e. The summed E-state index contributed by atoms with van der Waals surface area (Å²) in [6, 6.07) is 8.78. The number of phenols is 1. The average molecular weight is 603 g/mol. The first-order chi connectivity index (χ1) is 20.7. The highest BCUT2D eigenvalue weighted by molar-refractivity contribution is 5.88. The van der Waals surface area contributed by atoms with Gasteiger partial charge in [0.2, 0.25) is 11.7 Å². The number of hydrogen-bond donors (Lipinski definition) is 5. The highest BCUT2D eigenvalue weighted by Crippen LogP contribution is 2.32. The smallest absolute Gasteiger partial charge is 0.347 e. The van der Waals surface area contributed by atoms with Gasteiger partial charge in [-0.15, -0.1) is 0 Å². The molecule has 3 aromatic rings. The lowest BCUT2D eigenvalue weighted by Crippen LogP contribution is -2.60. The molecule has 0 saturated carbocycles. The number of methoxy groups -OCH3 is 1. The third-order valence-corrected chi connectivity index (χ3v) is 7.41. The number of esters is 1. The van der Waals surface area contributed by atoms with Crippen molar-refractivity contribution < 1.29 is 53.7 Å². The third-order valence-electron chi connectivity index (χ3n) is 7.41. The van der Waals surface area contributed by atoms with Crippen molar-refractivity contribution in [2.24, 2.45) is 0 Å². The average Bonchev–Trinajstić information content (AvgIpc) is 3.00. The van der Waals surface area contributed by atoms with Crippen LogP contribution in [-0.4, -0.2) is 82.0 Å². The topological polar surface area (TPSA) is 185 Å². The van der Waals surface area contributed by atoms with Gasteiger partial charge in [-0.1, -0.05) is 44.7 Å². The number of hydrogen-bond acceptors (Lipinski definition) is 12. The Morgan fingerprint density at radius 2 is 1.70 bits per heavy atom. The molecule has 0 aliphatic carbocycles. The quantitative estimate of drug-likeness (QED) is 0.142. The summed E-state index contributed by atoms with van der Waals surface area (Å²) < 4.78 is 27.4. The van der Waals surface area contributed by atoms with Gasteiger partial charge in [0.1, 0.15) is 58.9 Å². The van der Waals surface area contributed by atoms with Crippen molar-refractivity contribution >= 4 is 16.9 Å². The Bertz CT molecular complexity index is 1420. The van der Waals surface area contributed by atoms with E-state index >= 15 is 0 Å². The van der Waals surface area contributed by atoms with Gasteiger partial charge < -0.3 is 48.9 Å². The standard InChI is InChI=1S/C31H38O12/c1-3-4-5-6-7-8-22(30(38)39-2)41-19-13-21(33)25-23(14-19)40-16-20(26(25)34)17-9-11-18(12-10-17)42-31-29(37)28(36)27(35)24(15-32)43-31/h9-14,16,22,24,27-29,31-33,35-37H,3-8,15H2,1-2H3/t22-,24-,27+,28+,29+,31+/m0/s1. The molecule has 0 amide bonds. The lowest BCUT2D eigenvalue weighted by molar-refractivity contribution is -0.277. The number of unbranched alkanes of at least 4 members (excludes halogenated alkanes) is 4. The number of aromatic hydroxyl groups is 1. The molecule has 4 rings (SSSR count). The molecule has 0 radical (unpaired) electrons. The van der Waals surface area contributed by atoms with Crippen LogP contribution < -0.4 is 14.9 Å². The second-order valence-electron chi connectivity index (χ2n) is 10.5. The molecule has 2 aromatic carbocycles. The van der Waals surface area contributed by atoms with Crippen molar-refractivity contribution in [3.8, 4) is 28.4 Å². The molecule has 5 N–H and O–H groups in total. The van der Waals surface area contributed by atoms with Crippen molar-refractivity contribution in [3.05, 3.63) is 52.9 Å². The maximum atomic E-state index is 13.4. The van der Waals surface area contributed by atoms with Gasteiger partial charge in [0.15, 0.2) is 6.10 Å². The predicted molar refractivity (Wildman–Crippen MR) is 154 cm³/mol. The SMILES string of the molecule is CCCCCCC[C@H](Oc1cc(O)c2c(=O)c(-c3ccc(O[C@@H]4O[C@@H](CO)[C@@H](O)[C@@H](O)[C@H]4O)cc3)coc2c1)C(=O)OC. The monoisotopic (exact) mass is 602 g/mol. The fourth-order valence-electron chi connectivity index (χ4n) is 4.94. The molecule has 0 bridgehead atoms. The van der Waals surface area contributed by atoms with Crippen molar-refractivity contribution in [1.29, 1.82) is 0 Å². The Kier molecular flexibility index (Phi) is 11.0. The van der Waals surface area contributed by atoms with Gasteiger partial charge in [-0.3, -0.25) is 4.79 Å². The van der Waals surface area contributed by atoms with Crippen LogP contribution in [0.1, 0.15) is 45.4 Å². The van der Waals surface area contributed by atoms with Gasteiger partial charge in [-0.05, 0) is 30.5 Å². The lowest BCUT2D eigenvalue weighted by Gasteiger charge is -2.39. The Morgan fingerprint density at radius 3 is 2.37 bits per heavy atom. The third kappa shape index (κ3) is 7.46. The molecule has 0 unspecified atom stereocenters. The van der Waals surface area contributed by atoms with Crippen LogP contribution in [0.5, 0.6) is 17.2 Å². The van der Waals surface area contributed by atoms with Crippen molar-refractivity contribution in [2.75, 3.05) is 13.7 Å². The first-order valence-corrected chi connectivity index (χ1v) is 14.3. The molecule has 1 fully saturated rings. The van der Waals surface area contributed by atoms with Gasteiger partial charge in [0.25, 0.3) is 0 Å². The maximum Gasteiger partial charge on any atom is 0.347 e. The molecule has 1 aromatic heterocycles. The van der Waals surface area contributed by atoms with Crippen LogP contribution in [-0.2, 0) is 14.3 Å². The first kappa shape index (κ1) is 32.2. The van der Waals surface area contributed by atoms with Crippen LogP contribution in [0.2, 0.25) is 0 Å². The summed E-state index contributed by atoms with van der Waals surface area (Å²) in [5, 5.41) is 50.1. The van der Waals surface area contributed by atoms with E-state index in [1.807, 2.05) is 0 Å². The minimum atomic E-state index is -1.59. The van der Waals surface area contributed by atoms with Crippen molar-refractivity contribution in [2.45, 2.75) is 82.3 Å². The van der Waals surface area contributed by atoms with E-state index in [1.54, 1.807) is 12.1 Å². The van der Waals surface area contributed by atoms with Crippen LogP contribution in [0.3, 0.4) is 0 Å². The molecule has 1 saturated heterocycles. The summed E-state index contributed by atoms with van der Waals surface area (Å²) in [4.78, 5) is 25.7. The highest BCUT2D eigenvalue weighted by Gasteiger charge is 2.44. The summed E-state index contributed by atoms with van der Waals surface area (Å²) in [5.41, 5.74) is 0.145. The number of rotatable bonds is 13. The Hall–Kier alpha value is -3.68. The van der Waals surface area contributed by atoms with Crippen LogP contribution in [0.25, 0.3) is 22.1 Å². The molecule has 12 heteroatoms. The van der Waals surface area contributed by atoms with Gasteiger partial charge >= 0.3 is 5.97 Å². The van der Waals surface area contributed by atoms with Crippen LogP contribution in [0.15, 0.2) is 51.9 Å².